The Hall–Kier alpha value is -1.85. The van der Waals surface area contributed by atoms with Crippen molar-refractivity contribution >= 4 is 17.7 Å². The molecule has 0 amide bonds. The minimum atomic E-state index is -1.74. The van der Waals surface area contributed by atoms with Gasteiger partial charge in [0, 0.05) is 0 Å². The Kier molecular flexibility index (Phi) is 3.48. The number of rotatable bonds is 4. The third kappa shape index (κ3) is 4.04. The Bertz CT molecular complexity index is 255. The molecular weight excluding hydrogens is 166 g/mol. The van der Waals surface area contributed by atoms with E-state index in [1.165, 1.54) is 0 Å². The molecule has 0 aromatic carbocycles. The maximum atomic E-state index is 10.1. The van der Waals surface area contributed by atoms with Gasteiger partial charge in [0.1, 0.15) is 5.71 Å². The topological polar surface area (TPSA) is 107 Å². The van der Waals surface area contributed by atoms with Crippen LogP contribution < -0.4 is 0 Å². The van der Waals surface area contributed by atoms with Crippen molar-refractivity contribution in [3.05, 3.63) is 12.5 Å². The van der Waals surface area contributed by atoms with Crippen LogP contribution in [-0.4, -0.2) is 27.9 Å². The molecule has 0 unspecified atom stereocenters. The number of carbonyl (C=O) groups is 2. The molecule has 0 aliphatic heterocycles. The fourth-order valence-electron chi connectivity index (χ4n) is 0.456. The van der Waals surface area contributed by atoms with Crippen LogP contribution in [0.3, 0.4) is 0 Å². The monoisotopic (exact) mass is 172 g/mol. The molecule has 0 spiro atoms. The third-order valence-corrected chi connectivity index (χ3v) is 0.818. The van der Waals surface area contributed by atoms with Crippen LogP contribution in [0.4, 0.5) is 0 Å². The lowest BCUT2D eigenvalue weighted by Crippen LogP contribution is -2.16. The molecule has 0 fully saturated rings. The van der Waals surface area contributed by atoms with E-state index in [1.54, 1.807) is 0 Å². The van der Waals surface area contributed by atoms with E-state index in [4.69, 9.17) is 10.2 Å². The van der Waals surface area contributed by atoms with Gasteiger partial charge in [0.2, 0.25) is 5.88 Å². The maximum Gasteiger partial charge on any atom is 0.401 e. The number of carbonyl (C=O) groups excluding carboxylic acids is 1. The molecule has 6 heteroatoms. The quantitative estimate of drug-likeness (QED) is 0.455. The van der Waals surface area contributed by atoms with Crippen molar-refractivity contribution in [2.24, 2.45) is 4.99 Å². The molecule has 0 atom stereocenters. The lowest BCUT2D eigenvalue weighted by molar-refractivity contribution is -0.139. The molecule has 0 aliphatic carbocycles. The molecule has 0 rings (SSSR count). The summed E-state index contributed by atoms with van der Waals surface area (Å²) >= 11 is 0. The fourth-order valence-corrected chi connectivity index (χ4v) is 0.456. The third-order valence-electron chi connectivity index (χ3n) is 0.818. The van der Waals surface area contributed by atoms with Gasteiger partial charge in [0.25, 0.3) is 0 Å². The molecule has 65 valence electrons. The van der Waals surface area contributed by atoms with Crippen molar-refractivity contribution in [3.8, 4) is 0 Å². The number of aliphatic hydroxyl groups excluding tert-OH is 1. The average Bonchev–Trinajstić information content (AvgIpc) is 1.83. The van der Waals surface area contributed by atoms with Gasteiger partial charge in [-0.3, -0.25) is 4.79 Å². The first-order chi connectivity index (χ1) is 5.43. The van der Waals surface area contributed by atoms with Crippen LogP contribution in [0.5, 0.6) is 0 Å². The summed E-state index contributed by atoms with van der Waals surface area (Å²) in [6.07, 6.45) is -0.818. The van der Waals surface area contributed by atoms with Crippen molar-refractivity contribution in [2.75, 3.05) is 0 Å². The molecule has 2 N–H and O–H groups in total. The summed E-state index contributed by atoms with van der Waals surface area (Å²) in [5.41, 5.74) is -0.769. The van der Waals surface area contributed by atoms with Gasteiger partial charge >= 0.3 is 11.9 Å². The van der Waals surface area contributed by atoms with Crippen LogP contribution in [-0.2, 0) is 14.7 Å². The standard InChI is InChI=1S/C6H6NO5/c1-3(8)7-4(6(11)12)2-5(9)10/h8H,1-2H2,(H,9,10). The highest BCUT2D eigenvalue weighted by atomic mass is 16.4. The molecule has 0 heterocycles. The van der Waals surface area contributed by atoms with Crippen molar-refractivity contribution in [1.29, 1.82) is 0 Å². The summed E-state index contributed by atoms with van der Waals surface area (Å²) < 4.78 is 0. The molecular formula is C6H6NO5. The Balaban J connectivity index is 4.55. The first-order valence-corrected chi connectivity index (χ1v) is 2.82. The number of aliphatic carboxylic acids is 1. The molecule has 0 saturated heterocycles. The highest BCUT2D eigenvalue weighted by molar-refractivity contribution is 6.38. The zero-order valence-corrected chi connectivity index (χ0v) is 5.98. The summed E-state index contributed by atoms with van der Waals surface area (Å²) in [6, 6.07) is 0. The van der Waals surface area contributed by atoms with Crippen LogP contribution in [0.2, 0.25) is 0 Å². The number of nitrogens with zero attached hydrogens (tertiary/aromatic N) is 1. The van der Waals surface area contributed by atoms with Crippen LogP contribution in [0, 0.1) is 0 Å². The van der Waals surface area contributed by atoms with E-state index < -0.39 is 30.0 Å². The number of carboxylic acid groups (broad SMARTS) is 1. The highest BCUT2D eigenvalue weighted by Gasteiger charge is 2.15. The first-order valence-electron chi connectivity index (χ1n) is 2.82. The zero-order chi connectivity index (χ0) is 9.72. The van der Waals surface area contributed by atoms with Crippen LogP contribution >= 0.6 is 0 Å². The fraction of sp³-hybridized carbons (Fsp3) is 0.167. The van der Waals surface area contributed by atoms with E-state index in [0.29, 0.717) is 0 Å². The van der Waals surface area contributed by atoms with Gasteiger partial charge in [0.05, 0.1) is 6.42 Å². The predicted molar refractivity (Wildman–Crippen MR) is 37.2 cm³/mol. The Morgan fingerprint density at radius 1 is 1.33 bits per heavy atom. The van der Waals surface area contributed by atoms with Gasteiger partial charge in [-0.05, 0) is 6.58 Å². The van der Waals surface area contributed by atoms with E-state index in [0.717, 1.165) is 0 Å². The van der Waals surface area contributed by atoms with Crippen LogP contribution in [0.1, 0.15) is 6.42 Å². The van der Waals surface area contributed by atoms with E-state index in [2.05, 4.69) is 11.6 Å². The molecule has 0 aromatic heterocycles. The second kappa shape index (κ2) is 4.12. The number of aliphatic hydroxyl groups is 1. The zero-order valence-electron chi connectivity index (χ0n) is 5.98. The SMILES string of the molecule is C=C(O)N=C(CC(=O)O)C([O])=O. The minimum Gasteiger partial charge on any atom is -0.494 e. The molecule has 12 heavy (non-hydrogen) atoms. The maximum absolute atomic E-state index is 10.1. The van der Waals surface area contributed by atoms with Gasteiger partial charge < -0.3 is 10.2 Å². The van der Waals surface area contributed by atoms with E-state index in [1.807, 2.05) is 0 Å². The van der Waals surface area contributed by atoms with Crippen molar-refractivity contribution in [1.82, 2.24) is 0 Å². The van der Waals surface area contributed by atoms with Crippen molar-refractivity contribution in [3.63, 3.8) is 0 Å². The lowest BCUT2D eigenvalue weighted by Gasteiger charge is -1.93. The molecule has 0 aromatic rings. The number of aliphatic imine (C=N–C) groups is 1. The Morgan fingerprint density at radius 3 is 2.08 bits per heavy atom. The molecule has 1 radical (unpaired) electrons. The van der Waals surface area contributed by atoms with Gasteiger partial charge in [0.15, 0.2) is 0 Å². The average molecular weight is 172 g/mol. The minimum absolute atomic E-state index is 0.768. The summed E-state index contributed by atoms with van der Waals surface area (Å²) in [4.78, 5) is 23.1. The van der Waals surface area contributed by atoms with Gasteiger partial charge in [-0.1, -0.05) is 0 Å². The van der Waals surface area contributed by atoms with Gasteiger partial charge in [-0.15, -0.1) is 0 Å². The summed E-state index contributed by atoms with van der Waals surface area (Å²) in [7, 11) is 0. The predicted octanol–water partition coefficient (Wildman–Crippen LogP) is -0.112. The summed E-state index contributed by atoms with van der Waals surface area (Å²) in [5.74, 6) is -3.89. The van der Waals surface area contributed by atoms with E-state index >= 15 is 0 Å². The second-order valence-corrected chi connectivity index (χ2v) is 1.83. The highest BCUT2D eigenvalue weighted by Crippen LogP contribution is 1.93. The first kappa shape index (κ1) is 10.2. The van der Waals surface area contributed by atoms with E-state index in [9.17, 15) is 14.7 Å². The van der Waals surface area contributed by atoms with Crippen LogP contribution in [0.15, 0.2) is 17.5 Å². The largest absolute Gasteiger partial charge is 0.494 e. The van der Waals surface area contributed by atoms with Gasteiger partial charge in [-0.2, -0.15) is 0 Å². The summed E-state index contributed by atoms with van der Waals surface area (Å²) in [5, 5.41) is 26.7. The molecule has 0 bridgehead atoms. The summed E-state index contributed by atoms with van der Waals surface area (Å²) in [6.45, 7) is 2.87. The molecule has 0 aliphatic rings. The van der Waals surface area contributed by atoms with Crippen molar-refractivity contribution < 1.29 is 24.9 Å². The number of hydrogen-bond acceptors (Lipinski definition) is 4. The molecule has 6 nitrogen and oxygen atoms in total. The smallest absolute Gasteiger partial charge is 0.401 e. The number of carboxylic acids is 1. The lowest BCUT2D eigenvalue weighted by atomic mass is 10.3. The normalized spacial score (nSPS) is 10.8. The Labute approximate surface area is 67.5 Å². The molecule has 0 saturated carbocycles. The van der Waals surface area contributed by atoms with Crippen molar-refractivity contribution in [2.45, 2.75) is 6.42 Å². The number of hydrogen-bond donors (Lipinski definition) is 2. The van der Waals surface area contributed by atoms with E-state index in [-0.39, 0.29) is 0 Å². The van der Waals surface area contributed by atoms with Crippen LogP contribution in [0.25, 0.3) is 0 Å². The van der Waals surface area contributed by atoms with Gasteiger partial charge in [-0.25, -0.2) is 14.9 Å². The second-order valence-electron chi connectivity index (χ2n) is 1.83. The Morgan fingerprint density at radius 2 is 1.83 bits per heavy atom.